The number of nitrogens with zero attached hydrogens (tertiary/aromatic N) is 1. The van der Waals surface area contributed by atoms with Gasteiger partial charge in [0, 0.05) is 6.54 Å². The minimum absolute atomic E-state index is 0.178. The first kappa shape index (κ1) is 14.4. The molecule has 1 aliphatic heterocycles. The first-order valence-corrected chi connectivity index (χ1v) is 8.73. The Bertz CT molecular complexity index is 369. The fraction of sp³-hybridized carbons (Fsp3) is 0.941. The molecule has 2 saturated carbocycles. The Labute approximate surface area is 123 Å². The molecule has 3 nitrogen and oxygen atoms in total. The molecule has 1 spiro atoms. The van der Waals surface area contributed by atoms with E-state index in [9.17, 15) is 4.79 Å². The van der Waals surface area contributed by atoms with Crippen molar-refractivity contribution in [1.29, 1.82) is 0 Å². The van der Waals surface area contributed by atoms with Crippen molar-refractivity contribution in [2.75, 3.05) is 6.54 Å². The third-order valence-electron chi connectivity index (χ3n) is 5.75. The van der Waals surface area contributed by atoms with E-state index in [4.69, 9.17) is 0 Å². The van der Waals surface area contributed by atoms with Gasteiger partial charge in [-0.05, 0) is 43.9 Å². The quantitative estimate of drug-likeness (QED) is 0.807. The predicted octanol–water partition coefficient (Wildman–Crippen LogP) is 3.44. The number of hydrogen-bond acceptors (Lipinski definition) is 2. The Kier molecular flexibility index (Phi) is 3.83. The summed E-state index contributed by atoms with van der Waals surface area (Å²) < 4.78 is 0. The van der Waals surface area contributed by atoms with Gasteiger partial charge in [0.2, 0.25) is 5.91 Å². The van der Waals surface area contributed by atoms with E-state index in [0.717, 1.165) is 32.2 Å². The summed E-state index contributed by atoms with van der Waals surface area (Å²) in [5.41, 5.74) is 0.296. The van der Waals surface area contributed by atoms with E-state index in [1.807, 2.05) is 0 Å². The normalized spacial score (nSPS) is 30.4. The number of carbonyl (C=O) groups excluding carboxylic acids is 1. The maximum absolute atomic E-state index is 13.0. The largest absolute Gasteiger partial charge is 0.325 e. The van der Waals surface area contributed by atoms with E-state index >= 15 is 0 Å². The second kappa shape index (κ2) is 5.32. The van der Waals surface area contributed by atoms with Gasteiger partial charge in [0.1, 0.15) is 0 Å². The van der Waals surface area contributed by atoms with Crippen molar-refractivity contribution < 1.29 is 4.79 Å². The van der Waals surface area contributed by atoms with Crippen LogP contribution in [0.3, 0.4) is 0 Å². The molecule has 3 aliphatic rings. The maximum atomic E-state index is 13.0. The van der Waals surface area contributed by atoms with Crippen LogP contribution in [0, 0.1) is 5.41 Å². The molecule has 0 radical (unpaired) electrons. The molecule has 1 unspecified atom stereocenters. The number of rotatable bonds is 6. The zero-order valence-electron chi connectivity index (χ0n) is 13.2. The van der Waals surface area contributed by atoms with Gasteiger partial charge in [-0.25, -0.2) is 0 Å². The van der Waals surface area contributed by atoms with Crippen molar-refractivity contribution in [3.05, 3.63) is 0 Å². The van der Waals surface area contributed by atoms with Gasteiger partial charge < -0.3 is 4.90 Å². The highest BCUT2D eigenvalue weighted by molar-refractivity contribution is 5.89. The Morgan fingerprint density at radius 3 is 2.40 bits per heavy atom. The van der Waals surface area contributed by atoms with Crippen LogP contribution in [0.2, 0.25) is 0 Å². The van der Waals surface area contributed by atoms with Crippen molar-refractivity contribution in [2.24, 2.45) is 5.41 Å². The molecule has 0 aromatic heterocycles. The summed E-state index contributed by atoms with van der Waals surface area (Å²) in [5.74, 6) is 0.427. The lowest BCUT2D eigenvalue weighted by atomic mass is 9.96. The highest BCUT2D eigenvalue weighted by atomic mass is 16.2. The summed E-state index contributed by atoms with van der Waals surface area (Å²) in [6, 6.07) is 0. The van der Waals surface area contributed by atoms with Crippen LogP contribution in [0.25, 0.3) is 0 Å². The first-order chi connectivity index (χ1) is 9.65. The lowest BCUT2D eigenvalue weighted by Crippen LogP contribution is -2.44. The van der Waals surface area contributed by atoms with Gasteiger partial charge in [0.25, 0.3) is 0 Å². The second-order valence-electron chi connectivity index (χ2n) is 7.42. The number of hydrogen-bond donors (Lipinski definition) is 1. The van der Waals surface area contributed by atoms with Gasteiger partial charge in [-0.15, -0.1) is 0 Å². The highest BCUT2D eigenvalue weighted by Crippen LogP contribution is 2.51. The van der Waals surface area contributed by atoms with Crippen LogP contribution in [0.1, 0.15) is 78.1 Å². The third kappa shape index (κ3) is 2.38. The molecule has 3 rings (SSSR count). The van der Waals surface area contributed by atoms with Crippen molar-refractivity contribution in [2.45, 2.75) is 89.8 Å². The molecule has 0 aromatic rings. The molecule has 1 heterocycles. The molecule has 0 aromatic carbocycles. The summed E-state index contributed by atoms with van der Waals surface area (Å²) >= 11 is 0. The van der Waals surface area contributed by atoms with Gasteiger partial charge in [-0.1, -0.05) is 39.5 Å². The monoisotopic (exact) mass is 278 g/mol. The summed E-state index contributed by atoms with van der Waals surface area (Å²) in [6.45, 7) is 5.51. The lowest BCUT2D eigenvalue weighted by molar-refractivity contribution is -0.134. The number of nitrogens with one attached hydrogen (secondary N) is 1. The summed E-state index contributed by atoms with van der Waals surface area (Å²) in [4.78, 5) is 15.2. The van der Waals surface area contributed by atoms with Crippen LogP contribution < -0.4 is 5.32 Å². The zero-order chi connectivity index (χ0) is 14.2. The van der Waals surface area contributed by atoms with Crippen LogP contribution in [0.15, 0.2) is 0 Å². The molecular weight excluding hydrogens is 248 g/mol. The Hall–Kier alpha value is -0.570. The Morgan fingerprint density at radius 1 is 1.15 bits per heavy atom. The van der Waals surface area contributed by atoms with Crippen LogP contribution in [-0.2, 0) is 4.79 Å². The van der Waals surface area contributed by atoms with E-state index in [0.29, 0.717) is 17.5 Å². The molecule has 0 bridgehead atoms. The van der Waals surface area contributed by atoms with E-state index in [1.165, 1.54) is 38.5 Å². The zero-order valence-corrected chi connectivity index (χ0v) is 13.2. The second-order valence-corrected chi connectivity index (χ2v) is 7.42. The fourth-order valence-electron chi connectivity index (χ4n) is 4.45. The van der Waals surface area contributed by atoms with Crippen LogP contribution in [-0.4, -0.2) is 29.1 Å². The smallest absolute Gasteiger partial charge is 0.244 e. The van der Waals surface area contributed by atoms with Gasteiger partial charge in [0.15, 0.2) is 0 Å². The summed E-state index contributed by atoms with van der Waals surface area (Å²) in [6.07, 6.45) is 12.3. The van der Waals surface area contributed by atoms with Gasteiger partial charge >= 0.3 is 0 Å². The molecule has 1 saturated heterocycles. The minimum atomic E-state index is -0.178. The Morgan fingerprint density at radius 2 is 1.85 bits per heavy atom. The van der Waals surface area contributed by atoms with E-state index in [-0.39, 0.29) is 5.54 Å². The molecule has 3 heteroatoms. The topological polar surface area (TPSA) is 32.3 Å². The third-order valence-corrected chi connectivity index (χ3v) is 5.75. The molecular formula is C17H30N2O. The molecule has 2 aliphatic carbocycles. The van der Waals surface area contributed by atoms with Crippen molar-refractivity contribution in [3.8, 4) is 0 Å². The fourth-order valence-corrected chi connectivity index (χ4v) is 4.45. The molecule has 3 fully saturated rings. The summed E-state index contributed by atoms with van der Waals surface area (Å²) in [5, 5.41) is 3.74. The van der Waals surface area contributed by atoms with Gasteiger partial charge in [0.05, 0.1) is 11.7 Å². The molecule has 1 N–H and O–H groups in total. The minimum Gasteiger partial charge on any atom is -0.325 e. The van der Waals surface area contributed by atoms with Gasteiger partial charge in [-0.3, -0.25) is 10.1 Å². The highest BCUT2D eigenvalue weighted by Gasteiger charge is 2.55. The standard InChI is InChI=1S/C17H30N2O/c1-3-7-14-18-17(9-5-6-10-17)15(20)19(14)13-16(8-4-2)11-12-16/h14,18H,3-13H2,1-2H3. The van der Waals surface area contributed by atoms with Crippen molar-refractivity contribution in [1.82, 2.24) is 10.2 Å². The predicted molar refractivity (Wildman–Crippen MR) is 81.3 cm³/mol. The van der Waals surface area contributed by atoms with Crippen LogP contribution in [0.4, 0.5) is 0 Å². The lowest BCUT2D eigenvalue weighted by Gasteiger charge is -2.28. The average Bonchev–Trinajstić information content (AvgIpc) is 2.93. The van der Waals surface area contributed by atoms with Crippen molar-refractivity contribution in [3.63, 3.8) is 0 Å². The van der Waals surface area contributed by atoms with E-state index < -0.39 is 0 Å². The van der Waals surface area contributed by atoms with Gasteiger partial charge in [-0.2, -0.15) is 0 Å². The van der Waals surface area contributed by atoms with E-state index in [1.54, 1.807) is 0 Å². The van der Waals surface area contributed by atoms with Crippen LogP contribution >= 0.6 is 0 Å². The first-order valence-electron chi connectivity index (χ1n) is 8.73. The molecule has 114 valence electrons. The van der Waals surface area contributed by atoms with Crippen LogP contribution in [0.5, 0.6) is 0 Å². The SMILES string of the molecule is CCCC1NC2(CCCC2)C(=O)N1CC1(CCC)CC1. The molecule has 20 heavy (non-hydrogen) atoms. The van der Waals surface area contributed by atoms with E-state index in [2.05, 4.69) is 24.1 Å². The Balaban J connectivity index is 1.74. The average molecular weight is 278 g/mol. The molecule has 1 amide bonds. The molecule has 1 atom stereocenters. The summed E-state index contributed by atoms with van der Waals surface area (Å²) in [7, 11) is 0. The maximum Gasteiger partial charge on any atom is 0.244 e. The number of carbonyl (C=O) groups is 1. The number of amides is 1. The van der Waals surface area contributed by atoms with Crippen molar-refractivity contribution >= 4 is 5.91 Å².